The van der Waals surface area contributed by atoms with Crippen molar-refractivity contribution in [1.82, 2.24) is 15.0 Å². The van der Waals surface area contributed by atoms with E-state index in [1.807, 2.05) is 6.92 Å². The summed E-state index contributed by atoms with van der Waals surface area (Å²) in [5.41, 5.74) is 2.63. The summed E-state index contributed by atoms with van der Waals surface area (Å²) in [5.74, 6) is 1.01. The lowest BCUT2D eigenvalue weighted by atomic mass is 10.2. The number of aryl methyl sites for hydroxylation is 1. The molecule has 2 rings (SSSR count). The number of nitrogens with one attached hydrogen (secondary N) is 1. The molecule has 0 spiro atoms. The highest BCUT2D eigenvalue weighted by atomic mass is 19.1. The van der Waals surface area contributed by atoms with Crippen molar-refractivity contribution in [2.75, 3.05) is 11.9 Å². The van der Waals surface area contributed by atoms with Crippen LogP contribution in [0.4, 0.5) is 10.2 Å². The van der Waals surface area contributed by atoms with E-state index in [4.69, 9.17) is 0 Å². The van der Waals surface area contributed by atoms with E-state index in [1.54, 1.807) is 6.07 Å². The molecule has 0 atom stereocenters. The topological polar surface area (TPSA) is 50.7 Å². The molecule has 0 aliphatic rings. The Morgan fingerprint density at radius 3 is 2.60 bits per heavy atom. The number of nitrogens with zero attached hydrogens (tertiary/aromatic N) is 3. The molecule has 0 aromatic carbocycles. The number of halogens is 1. The summed E-state index contributed by atoms with van der Waals surface area (Å²) in [6.45, 7) is 7.03. The average Bonchev–Trinajstić information content (AvgIpc) is 2.47. The fraction of sp³-hybridized carbons (Fsp3) is 0.400. The zero-order chi connectivity index (χ0) is 14.5. The molecular formula is C15H19FN4. The minimum atomic E-state index is -0.360. The van der Waals surface area contributed by atoms with Crippen LogP contribution >= 0.6 is 0 Å². The molecule has 106 valence electrons. The van der Waals surface area contributed by atoms with Crippen LogP contribution in [0.15, 0.2) is 18.3 Å². The maximum atomic E-state index is 12.9. The summed E-state index contributed by atoms with van der Waals surface area (Å²) in [6.07, 6.45) is 3.03. The molecule has 2 aromatic heterocycles. The number of hydrogen-bond donors (Lipinski definition) is 1. The van der Waals surface area contributed by atoms with Gasteiger partial charge in [0.15, 0.2) is 5.82 Å². The molecular weight excluding hydrogens is 255 g/mol. The fourth-order valence-corrected chi connectivity index (χ4v) is 1.95. The largest absolute Gasteiger partial charge is 0.370 e. The molecule has 0 radical (unpaired) electrons. The zero-order valence-electron chi connectivity index (χ0n) is 12.1. The van der Waals surface area contributed by atoms with Crippen LogP contribution in [0.3, 0.4) is 0 Å². The van der Waals surface area contributed by atoms with Gasteiger partial charge in [-0.2, -0.15) is 0 Å². The Labute approximate surface area is 118 Å². The highest BCUT2D eigenvalue weighted by Gasteiger charge is 2.11. The number of hydrogen-bond acceptors (Lipinski definition) is 4. The van der Waals surface area contributed by atoms with Gasteiger partial charge in [-0.1, -0.05) is 13.8 Å². The van der Waals surface area contributed by atoms with E-state index in [-0.39, 0.29) is 5.82 Å². The van der Waals surface area contributed by atoms with Gasteiger partial charge in [-0.25, -0.2) is 19.3 Å². The molecule has 20 heavy (non-hydrogen) atoms. The minimum absolute atomic E-state index is 0.360. The molecule has 4 nitrogen and oxygen atoms in total. The molecule has 0 bridgehead atoms. The maximum absolute atomic E-state index is 12.9. The standard InChI is InChI=1S/C15H19FN4/c1-4-8-17-14-10(3)12(5-2)19-15(20-14)13-7-6-11(16)9-18-13/h6-7,9H,4-5,8H2,1-3H3,(H,17,19,20). The van der Waals surface area contributed by atoms with Gasteiger partial charge < -0.3 is 5.32 Å². The lowest BCUT2D eigenvalue weighted by Gasteiger charge is -2.12. The second-order valence-electron chi connectivity index (χ2n) is 4.61. The van der Waals surface area contributed by atoms with E-state index in [2.05, 4.69) is 34.1 Å². The SMILES string of the molecule is CCCNc1nc(-c2ccc(F)cn2)nc(CC)c1C. The zero-order valence-corrected chi connectivity index (χ0v) is 12.1. The number of pyridine rings is 1. The van der Waals surface area contributed by atoms with E-state index in [9.17, 15) is 4.39 Å². The molecule has 0 amide bonds. The van der Waals surface area contributed by atoms with Crippen LogP contribution < -0.4 is 5.32 Å². The highest BCUT2D eigenvalue weighted by Crippen LogP contribution is 2.21. The van der Waals surface area contributed by atoms with E-state index >= 15 is 0 Å². The van der Waals surface area contributed by atoms with Crippen molar-refractivity contribution in [3.63, 3.8) is 0 Å². The van der Waals surface area contributed by atoms with Crippen LogP contribution in [0, 0.1) is 12.7 Å². The van der Waals surface area contributed by atoms with Crippen molar-refractivity contribution >= 4 is 5.82 Å². The Hall–Kier alpha value is -2.04. The lowest BCUT2D eigenvalue weighted by molar-refractivity contribution is 0.621. The van der Waals surface area contributed by atoms with Gasteiger partial charge in [0.1, 0.15) is 17.3 Å². The molecule has 0 aliphatic carbocycles. The number of aromatic nitrogens is 3. The number of rotatable bonds is 5. The molecule has 1 N–H and O–H groups in total. The van der Waals surface area contributed by atoms with E-state index in [0.29, 0.717) is 11.5 Å². The van der Waals surface area contributed by atoms with Gasteiger partial charge in [0.25, 0.3) is 0 Å². The van der Waals surface area contributed by atoms with Crippen molar-refractivity contribution < 1.29 is 4.39 Å². The molecule has 0 saturated carbocycles. The van der Waals surface area contributed by atoms with Crippen molar-refractivity contribution in [3.05, 3.63) is 35.4 Å². The quantitative estimate of drug-likeness (QED) is 0.908. The fourth-order valence-electron chi connectivity index (χ4n) is 1.95. The molecule has 0 unspecified atom stereocenters. The summed E-state index contributed by atoms with van der Waals surface area (Å²) in [6, 6.07) is 2.97. The van der Waals surface area contributed by atoms with E-state index in [0.717, 1.165) is 36.5 Å². The Morgan fingerprint density at radius 1 is 1.20 bits per heavy atom. The molecule has 5 heteroatoms. The van der Waals surface area contributed by atoms with Gasteiger partial charge in [-0.3, -0.25) is 0 Å². The second kappa shape index (κ2) is 6.41. The Bertz CT molecular complexity index is 581. The third-order valence-corrected chi connectivity index (χ3v) is 3.08. The van der Waals surface area contributed by atoms with Crippen LogP contribution in [0.25, 0.3) is 11.5 Å². The van der Waals surface area contributed by atoms with E-state index in [1.165, 1.54) is 12.3 Å². The third-order valence-electron chi connectivity index (χ3n) is 3.08. The Morgan fingerprint density at radius 2 is 2.00 bits per heavy atom. The first-order valence-corrected chi connectivity index (χ1v) is 6.89. The molecule has 0 saturated heterocycles. The second-order valence-corrected chi connectivity index (χ2v) is 4.61. The van der Waals surface area contributed by atoms with Gasteiger partial charge >= 0.3 is 0 Å². The van der Waals surface area contributed by atoms with Crippen molar-refractivity contribution in [1.29, 1.82) is 0 Å². The Kier molecular flexibility index (Phi) is 4.61. The van der Waals surface area contributed by atoms with Crippen LogP contribution in [0.1, 0.15) is 31.5 Å². The highest BCUT2D eigenvalue weighted by molar-refractivity contribution is 5.56. The van der Waals surface area contributed by atoms with Crippen LogP contribution in [0.5, 0.6) is 0 Å². The molecule has 2 aromatic rings. The normalized spacial score (nSPS) is 10.6. The van der Waals surface area contributed by atoms with Gasteiger partial charge in [-0.05, 0) is 31.9 Å². The van der Waals surface area contributed by atoms with E-state index < -0.39 is 0 Å². The monoisotopic (exact) mass is 274 g/mol. The lowest BCUT2D eigenvalue weighted by Crippen LogP contribution is -2.09. The van der Waals surface area contributed by atoms with Crippen molar-refractivity contribution in [3.8, 4) is 11.5 Å². The first-order valence-electron chi connectivity index (χ1n) is 6.89. The van der Waals surface area contributed by atoms with Gasteiger partial charge in [-0.15, -0.1) is 0 Å². The van der Waals surface area contributed by atoms with Gasteiger partial charge in [0, 0.05) is 17.8 Å². The summed E-state index contributed by atoms with van der Waals surface area (Å²) in [5, 5.41) is 3.31. The number of anilines is 1. The summed E-state index contributed by atoms with van der Waals surface area (Å²) < 4.78 is 12.9. The summed E-state index contributed by atoms with van der Waals surface area (Å²) in [4.78, 5) is 13.1. The summed E-state index contributed by atoms with van der Waals surface area (Å²) in [7, 11) is 0. The maximum Gasteiger partial charge on any atom is 0.180 e. The third kappa shape index (κ3) is 3.10. The van der Waals surface area contributed by atoms with Crippen molar-refractivity contribution in [2.24, 2.45) is 0 Å². The average molecular weight is 274 g/mol. The first kappa shape index (κ1) is 14.4. The van der Waals surface area contributed by atoms with Crippen LogP contribution in [-0.2, 0) is 6.42 Å². The van der Waals surface area contributed by atoms with Crippen molar-refractivity contribution in [2.45, 2.75) is 33.6 Å². The molecule has 0 fully saturated rings. The Balaban J connectivity index is 2.44. The van der Waals surface area contributed by atoms with Gasteiger partial charge in [0.05, 0.1) is 6.20 Å². The first-order chi connectivity index (χ1) is 9.65. The molecule has 0 aliphatic heterocycles. The van der Waals surface area contributed by atoms with Crippen LogP contribution in [-0.4, -0.2) is 21.5 Å². The smallest absolute Gasteiger partial charge is 0.180 e. The van der Waals surface area contributed by atoms with Crippen LogP contribution in [0.2, 0.25) is 0 Å². The predicted octanol–water partition coefficient (Wildman–Crippen LogP) is 3.37. The molecule has 2 heterocycles. The van der Waals surface area contributed by atoms with Gasteiger partial charge in [0.2, 0.25) is 0 Å². The minimum Gasteiger partial charge on any atom is -0.370 e. The predicted molar refractivity (Wildman–Crippen MR) is 78.1 cm³/mol. The summed E-state index contributed by atoms with van der Waals surface area (Å²) >= 11 is 0.